The van der Waals surface area contributed by atoms with Gasteiger partial charge in [-0.3, -0.25) is 28.5 Å². The van der Waals surface area contributed by atoms with E-state index in [9.17, 15) is 42.9 Å². The van der Waals surface area contributed by atoms with Crippen molar-refractivity contribution in [3.8, 4) is 24.2 Å². The highest BCUT2D eigenvalue weighted by Crippen LogP contribution is 2.24. The molecule has 140 heavy (non-hydrogen) atoms. The molecule has 10 aromatic rings. The number of hydrogen-bond acceptors (Lipinski definition) is 18. The molecule has 0 bridgehead atoms. The summed E-state index contributed by atoms with van der Waals surface area (Å²) >= 11 is 4.51. The van der Waals surface area contributed by atoms with E-state index in [1.54, 1.807) is 81.3 Å². The number of nitrogen functional groups attached to an aromatic ring is 1. The molecule has 0 saturated heterocycles. The number of para-hydroxylation sites is 1. The third-order valence-electron chi connectivity index (χ3n) is 19.2. The number of nitrogens with one attached hydrogen (secondary N) is 3. The zero-order chi connectivity index (χ0) is 105. The van der Waals surface area contributed by atoms with Gasteiger partial charge in [-0.2, -0.15) is 9.59 Å². The molecule has 8 N–H and O–H groups in total. The molecule has 0 spiro atoms. The number of terminal acetylenes is 1. The number of Topliss-reactive ketones (excluding diaryl/α,β-unsaturated/α-hetero) is 4. The molecule has 3 amide bonds. The van der Waals surface area contributed by atoms with E-state index in [2.05, 4.69) is 154 Å². The first kappa shape index (κ1) is 133. The molecule has 0 atom stereocenters. The topological polar surface area (TPSA) is 333 Å². The van der Waals surface area contributed by atoms with Crippen molar-refractivity contribution in [3.05, 3.63) is 342 Å². The molecule has 0 fully saturated rings. The molecule has 27 heteroatoms. The average Bonchev–Trinajstić information content (AvgIpc) is 0.853. The maximum Gasteiger partial charge on any atom is 0.408 e. The molecule has 0 aliphatic carbocycles. The number of ether oxygens (including phenoxy) is 4. The Morgan fingerprint density at radius 1 is 0.436 bits per heavy atom. The van der Waals surface area contributed by atoms with Crippen LogP contribution in [-0.2, 0) is 76.4 Å². The highest BCUT2D eigenvalue weighted by Gasteiger charge is 2.20. The second-order valence-corrected chi connectivity index (χ2v) is 37.5. The van der Waals surface area contributed by atoms with Gasteiger partial charge in [-0.05, 0) is 360 Å². The maximum absolute atomic E-state index is 12.7. The molecule has 21 nitrogen and oxygen atoms in total. The fraction of sp³-hybridized carbons (Fsp3) is 0.354. The fourth-order valence-electron chi connectivity index (χ4n) is 12.4. The normalized spacial score (nSPS) is 9.84. The summed E-state index contributed by atoms with van der Waals surface area (Å²) in [6.45, 7) is 47.2. The van der Waals surface area contributed by atoms with Gasteiger partial charge in [0.25, 0.3) is 0 Å². The second kappa shape index (κ2) is 74.6. The van der Waals surface area contributed by atoms with Gasteiger partial charge in [0, 0.05) is 86.4 Å². The molecule has 753 valence electrons. The van der Waals surface area contributed by atoms with Crippen molar-refractivity contribution in [3.63, 3.8) is 0 Å². The van der Waals surface area contributed by atoms with Crippen LogP contribution in [0.25, 0.3) is 0 Å². The van der Waals surface area contributed by atoms with Crippen LogP contribution in [0.2, 0.25) is 6.82 Å². The van der Waals surface area contributed by atoms with Gasteiger partial charge in [0.05, 0.1) is 28.0 Å². The van der Waals surface area contributed by atoms with Crippen molar-refractivity contribution in [2.24, 2.45) is 5.73 Å². The number of carbonyl (C=O) groups excluding carboxylic acids is 10. The van der Waals surface area contributed by atoms with Crippen LogP contribution in [0.1, 0.15) is 232 Å². The highest BCUT2D eigenvalue weighted by molar-refractivity contribution is 14.1. The number of rotatable bonds is 23. The van der Waals surface area contributed by atoms with Gasteiger partial charge < -0.3 is 51.5 Å². The van der Waals surface area contributed by atoms with Crippen molar-refractivity contribution in [2.75, 3.05) is 45.1 Å². The lowest BCUT2D eigenvalue weighted by Crippen LogP contribution is -2.33. The Morgan fingerprint density at radius 2 is 0.729 bits per heavy atom. The van der Waals surface area contributed by atoms with Crippen molar-refractivity contribution < 1.29 is 76.6 Å². The van der Waals surface area contributed by atoms with Crippen LogP contribution in [0.15, 0.2) is 218 Å². The Balaban J connectivity index is -0.00000157. The van der Waals surface area contributed by atoms with Gasteiger partial charge >= 0.3 is 30.4 Å². The summed E-state index contributed by atoms with van der Waals surface area (Å²) in [4.78, 5) is 110. The van der Waals surface area contributed by atoms with E-state index in [1.807, 2.05) is 226 Å². The molecule has 0 aromatic heterocycles. The van der Waals surface area contributed by atoms with Crippen molar-refractivity contribution >= 4 is 145 Å². The molecule has 0 heterocycles. The lowest BCUT2D eigenvalue weighted by molar-refractivity contribution is -0.191. The predicted molar refractivity (Wildman–Crippen MR) is 592 cm³/mol. The monoisotopic (exact) mass is 2190 g/mol. The Bertz CT molecular complexity index is 5520. The number of aliphatic hydroxyl groups is 1. The summed E-state index contributed by atoms with van der Waals surface area (Å²) in [7, 11) is 0.123. The smallest absolute Gasteiger partial charge is 0.408 e. The summed E-state index contributed by atoms with van der Waals surface area (Å²) in [5.74, 6) is 8.48. The summed E-state index contributed by atoms with van der Waals surface area (Å²) in [5, 5.41) is 15.3. The summed E-state index contributed by atoms with van der Waals surface area (Å²) < 4.78 is 31.3. The van der Waals surface area contributed by atoms with E-state index >= 15 is 0 Å². The van der Waals surface area contributed by atoms with Crippen LogP contribution < -0.4 is 27.4 Å². The molecule has 10 aromatic carbocycles. The minimum Gasteiger partial charge on any atom is -0.466 e. The van der Waals surface area contributed by atoms with Crippen molar-refractivity contribution in [2.45, 2.75) is 227 Å². The lowest BCUT2D eigenvalue weighted by Gasteiger charge is -2.19. The van der Waals surface area contributed by atoms with Crippen molar-refractivity contribution in [1.29, 1.82) is 0 Å². The number of carbonyl (C=O) groups is 8. The zero-order valence-electron chi connectivity index (χ0n) is 85.6. The molecular formula is C113H144BCl2I2N5O16P. The molecule has 0 saturated carbocycles. The summed E-state index contributed by atoms with van der Waals surface area (Å²) in [5.41, 5.74) is 32.7. The SMILES string of the molecule is C#CCNC(=O)OC(C)(C)C.CCO.CCOC(C)=O.C[B]P=O.Cc1cccc(C)c1CC(=O)c1cccc(C#CCNC(=O)OC(C)(C)C)c1.Cc1cccc(C)c1CC(=O)c1cccc(CCCN)c1.Cc1cccc(C)c1CC(=O)c1cccc(CCCNC(=O)OC(C)(C)C)c1.Cc1cccc(C)c1CC(=O)c1cccc(I)c1.Cc1cccc(C)c1N.Cl.Cl.Ic1ccccc1.O=C=O. The Morgan fingerprint density at radius 3 is 1.01 bits per heavy atom. The van der Waals surface area contributed by atoms with Gasteiger partial charge in [0.1, 0.15) is 16.8 Å². The van der Waals surface area contributed by atoms with Crippen molar-refractivity contribution in [1.82, 2.24) is 16.0 Å². The number of aliphatic hydroxyl groups excluding tert-OH is 1. The van der Waals surface area contributed by atoms with Crippen LogP contribution >= 0.6 is 78.3 Å². The summed E-state index contributed by atoms with van der Waals surface area (Å²) in [6.07, 6.45) is 9.00. The number of anilines is 1. The van der Waals surface area contributed by atoms with Crippen LogP contribution in [0.4, 0.5) is 20.1 Å². The molecule has 10 rings (SSSR count). The van der Waals surface area contributed by atoms with E-state index in [-0.39, 0.29) is 88.1 Å². The Hall–Kier alpha value is -11.4. The average molecular weight is 2190 g/mol. The van der Waals surface area contributed by atoms with Gasteiger partial charge in [-0.25, -0.2) is 14.4 Å². The molecule has 0 unspecified atom stereocenters. The number of esters is 1. The molecular weight excluding hydrogens is 2050 g/mol. The Labute approximate surface area is 874 Å². The van der Waals surface area contributed by atoms with E-state index in [0.717, 1.165) is 118 Å². The first-order chi connectivity index (χ1) is 65.1. The van der Waals surface area contributed by atoms with Gasteiger partial charge in [-0.15, -0.1) is 31.2 Å². The van der Waals surface area contributed by atoms with E-state index in [0.29, 0.717) is 50.9 Å². The number of nitrogens with two attached hydrogens (primary N) is 2. The number of benzene rings is 10. The number of ketones is 4. The lowest BCUT2D eigenvalue weighted by atomic mass is 9.94. The van der Waals surface area contributed by atoms with Crippen LogP contribution in [-0.4, -0.2) is 122 Å². The van der Waals surface area contributed by atoms with Crippen LogP contribution in [0.5, 0.6) is 0 Å². The third-order valence-corrected chi connectivity index (χ3v) is 20.8. The van der Waals surface area contributed by atoms with E-state index < -0.39 is 35.1 Å². The van der Waals surface area contributed by atoms with Gasteiger partial charge in [0.2, 0.25) is 7.00 Å². The second-order valence-electron chi connectivity index (χ2n) is 34.3. The fourth-order valence-corrected chi connectivity index (χ4v) is 13.3. The molecule has 1 radical (unpaired) electrons. The number of amides is 3. The number of alkyl carbamates (subject to hydrolysis) is 3. The minimum absolute atomic E-state index is 0. The zero-order valence-corrected chi connectivity index (χ0v) is 92.4. The number of halogens is 4. The third kappa shape index (κ3) is 61.9. The minimum atomic E-state index is -0.540. The Kier molecular flexibility index (Phi) is 70.7. The number of aryl methyl sites for hydroxylation is 12. The maximum atomic E-state index is 12.7. The molecule has 0 aliphatic heterocycles. The highest BCUT2D eigenvalue weighted by atomic mass is 127. The van der Waals surface area contributed by atoms with Gasteiger partial charge in [0.15, 0.2) is 23.1 Å². The first-order valence-electron chi connectivity index (χ1n) is 45.3. The first-order valence-corrected chi connectivity index (χ1v) is 48.4. The van der Waals surface area contributed by atoms with Crippen LogP contribution in [0.3, 0.4) is 0 Å². The van der Waals surface area contributed by atoms with E-state index in [4.69, 9.17) is 46.8 Å². The van der Waals surface area contributed by atoms with Gasteiger partial charge in [-0.1, -0.05) is 194 Å². The number of hydrogen-bond donors (Lipinski definition) is 6. The predicted octanol–water partition coefficient (Wildman–Crippen LogP) is 24.8. The largest absolute Gasteiger partial charge is 0.466 e. The molecule has 0 aliphatic rings. The quantitative estimate of drug-likeness (QED) is 0.00399. The summed E-state index contributed by atoms with van der Waals surface area (Å²) in [6, 6.07) is 71.5. The standard InChI is InChI=1S/C24H31NO3.C24H27NO3.C19H23NO.C16H15IO.C8H13NO2.C8H11N.C6H5I.C4H8O2.C2H6O.CH3BOP.CO2.2ClH/c2*1-17-9-6-10-18(2)21(17)16-22(26)20-13-7-11-19(15-20)12-8-14-25-23(27)28-24(3,4)5;1-14-6-3-7-15(2)18(14)13-19(21)17-10-4-8-16(12-17)9-5-11-20;1-11-5-3-6-12(2)15(11)10-16(18)13-7-4-8-14(17)9-13;1-5-6-9-7(10)11-8(2,3)4;1-6-4-3-5-7(2)8(6)9;7-6-4-2-1-3-5-6;1-3-6-4(2)5;1-2-3;1-2-4-3;2-1-3;;/h6-7,9-11,13,15H,8,12,14,16H2,1-5H3,(H,25,27);6-7,9-11,13,15H,14,16H2,1-5H3,(H,25,27);3-4,6-8,10,12H,5,9,11,13,20H2,1-2H3;3-9H,10H2,1-2H3;1H,6H2,2-4H3,(H,9,10);3-5H,9H2,1-2H3;1-5H;3H2,1-2H3;3H,2H2,1H3;1H3;;2*1H. The van der Waals surface area contributed by atoms with E-state index in [1.165, 1.54) is 38.3 Å². The van der Waals surface area contributed by atoms with Crippen LogP contribution in [0, 0.1) is 101 Å².